The van der Waals surface area contributed by atoms with Gasteiger partial charge in [0.25, 0.3) is 0 Å². The highest BCUT2D eigenvalue weighted by molar-refractivity contribution is 7.09. The Hall–Kier alpha value is -2.22. The maximum atomic E-state index is 11.7. The van der Waals surface area contributed by atoms with Crippen molar-refractivity contribution >= 4 is 23.2 Å². The van der Waals surface area contributed by atoms with Crippen molar-refractivity contribution in [2.45, 2.75) is 45.2 Å². The quantitative estimate of drug-likeness (QED) is 0.645. The molecular formula is C15H20N4O3S. The molecule has 0 spiro atoms. The van der Waals surface area contributed by atoms with Crippen LogP contribution >= 0.6 is 11.3 Å². The minimum Gasteiger partial charge on any atom is -0.480 e. The fraction of sp³-hybridized carbons (Fsp3) is 0.467. The summed E-state index contributed by atoms with van der Waals surface area (Å²) in [4.78, 5) is 23.7. The second-order valence-corrected chi connectivity index (χ2v) is 6.25. The van der Waals surface area contributed by atoms with Crippen LogP contribution in [0.5, 0.6) is 0 Å². The van der Waals surface area contributed by atoms with Gasteiger partial charge in [-0.15, -0.1) is 16.4 Å². The van der Waals surface area contributed by atoms with Crippen LogP contribution < -0.4 is 5.32 Å². The largest absolute Gasteiger partial charge is 0.480 e. The summed E-state index contributed by atoms with van der Waals surface area (Å²) in [7, 11) is 0. The number of carbonyl (C=O) groups is 2. The predicted molar refractivity (Wildman–Crippen MR) is 86.0 cm³/mol. The van der Waals surface area contributed by atoms with E-state index in [-0.39, 0.29) is 19.0 Å². The molecule has 0 bridgehead atoms. The third-order valence-corrected chi connectivity index (χ3v) is 4.19. The number of thiophene rings is 1. The fourth-order valence-electron chi connectivity index (χ4n) is 2.13. The SMILES string of the molecule is O=C(O)Cn1cc(CNC(=O)CCCCCc2cccs2)nn1. The maximum absolute atomic E-state index is 11.7. The van der Waals surface area contributed by atoms with E-state index in [0.717, 1.165) is 25.7 Å². The monoisotopic (exact) mass is 336 g/mol. The van der Waals surface area contributed by atoms with Crippen LogP contribution in [0.1, 0.15) is 36.3 Å². The number of nitrogens with zero attached hydrogens (tertiary/aromatic N) is 3. The van der Waals surface area contributed by atoms with E-state index in [1.807, 2.05) is 0 Å². The zero-order valence-corrected chi connectivity index (χ0v) is 13.6. The van der Waals surface area contributed by atoms with Crippen molar-refractivity contribution in [3.8, 4) is 0 Å². The molecule has 0 aliphatic heterocycles. The van der Waals surface area contributed by atoms with E-state index >= 15 is 0 Å². The first-order chi connectivity index (χ1) is 11.1. The molecule has 124 valence electrons. The van der Waals surface area contributed by atoms with E-state index in [4.69, 9.17) is 5.11 Å². The van der Waals surface area contributed by atoms with Gasteiger partial charge in [-0.1, -0.05) is 17.7 Å². The molecule has 0 fully saturated rings. The molecule has 0 unspecified atom stereocenters. The number of rotatable bonds is 10. The van der Waals surface area contributed by atoms with Crippen LogP contribution in [-0.2, 0) is 29.1 Å². The standard InChI is InChI=1S/C15H20N4O3S/c20-14(7-3-1-2-5-13-6-4-8-23-13)16-9-12-10-19(18-17-12)11-15(21)22/h4,6,8,10H,1-3,5,7,9,11H2,(H,16,20)(H,21,22). The highest BCUT2D eigenvalue weighted by atomic mass is 32.1. The summed E-state index contributed by atoms with van der Waals surface area (Å²) < 4.78 is 1.23. The van der Waals surface area contributed by atoms with Crippen LogP contribution in [-0.4, -0.2) is 32.0 Å². The molecule has 2 N–H and O–H groups in total. The second-order valence-electron chi connectivity index (χ2n) is 5.22. The highest BCUT2D eigenvalue weighted by Gasteiger charge is 2.06. The Morgan fingerprint density at radius 1 is 1.30 bits per heavy atom. The lowest BCUT2D eigenvalue weighted by Crippen LogP contribution is -2.22. The summed E-state index contributed by atoms with van der Waals surface area (Å²) in [5.41, 5.74) is 0.553. The van der Waals surface area contributed by atoms with E-state index < -0.39 is 5.97 Å². The summed E-state index contributed by atoms with van der Waals surface area (Å²) in [5, 5.41) is 21.0. The predicted octanol–water partition coefficient (Wildman–Crippen LogP) is 1.84. The van der Waals surface area contributed by atoms with Crippen molar-refractivity contribution in [2.75, 3.05) is 0 Å². The lowest BCUT2D eigenvalue weighted by molar-refractivity contribution is -0.138. The van der Waals surface area contributed by atoms with Gasteiger partial charge >= 0.3 is 5.97 Å². The number of nitrogens with one attached hydrogen (secondary N) is 1. The zero-order valence-electron chi connectivity index (χ0n) is 12.8. The van der Waals surface area contributed by atoms with Crippen molar-refractivity contribution in [3.63, 3.8) is 0 Å². The van der Waals surface area contributed by atoms with E-state index in [1.165, 1.54) is 15.8 Å². The van der Waals surface area contributed by atoms with Gasteiger partial charge in [0.1, 0.15) is 12.2 Å². The second kappa shape index (κ2) is 9.04. The number of hydrogen-bond donors (Lipinski definition) is 2. The Kier molecular flexibility index (Phi) is 6.74. The van der Waals surface area contributed by atoms with Crippen LogP contribution in [0, 0.1) is 0 Å². The molecule has 7 nitrogen and oxygen atoms in total. The lowest BCUT2D eigenvalue weighted by Gasteiger charge is -2.03. The minimum atomic E-state index is -0.979. The molecule has 2 rings (SSSR count). The molecule has 0 aliphatic rings. The van der Waals surface area contributed by atoms with Gasteiger partial charge in [-0.3, -0.25) is 9.59 Å². The maximum Gasteiger partial charge on any atom is 0.325 e. The number of carboxylic acids is 1. The number of aromatic nitrogens is 3. The third-order valence-electron chi connectivity index (χ3n) is 3.26. The Balaban J connectivity index is 1.56. The molecule has 0 aliphatic carbocycles. The lowest BCUT2D eigenvalue weighted by atomic mass is 10.1. The van der Waals surface area contributed by atoms with E-state index in [2.05, 4.69) is 33.1 Å². The Labute approximate surface area is 138 Å². The molecule has 0 atom stereocenters. The normalized spacial score (nSPS) is 10.6. The Morgan fingerprint density at radius 3 is 2.91 bits per heavy atom. The first-order valence-electron chi connectivity index (χ1n) is 7.53. The van der Waals surface area contributed by atoms with Crippen LogP contribution in [0.15, 0.2) is 23.7 Å². The fourth-order valence-corrected chi connectivity index (χ4v) is 2.88. The summed E-state index contributed by atoms with van der Waals surface area (Å²) >= 11 is 1.77. The molecule has 0 aromatic carbocycles. The molecule has 0 saturated carbocycles. The molecule has 2 heterocycles. The molecule has 0 radical (unpaired) electrons. The molecule has 0 saturated heterocycles. The van der Waals surface area contributed by atoms with Crippen LogP contribution in [0.4, 0.5) is 0 Å². The highest BCUT2D eigenvalue weighted by Crippen LogP contribution is 2.13. The van der Waals surface area contributed by atoms with Crippen molar-refractivity contribution in [1.82, 2.24) is 20.3 Å². The number of amides is 1. The van der Waals surface area contributed by atoms with E-state index in [9.17, 15) is 9.59 Å². The van der Waals surface area contributed by atoms with Gasteiger partial charge in [0.15, 0.2) is 0 Å². The van der Waals surface area contributed by atoms with Gasteiger partial charge < -0.3 is 10.4 Å². The topological polar surface area (TPSA) is 97.1 Å². The van der Waals surface area contributed by atoms with E-state index in [0.29, 0.717) is 12.1 Å². The van der Waals surface area contributed by atoms with Crippen molar-refractivity contribution in [2.24, 2.45) is 0 Å². The summed E-state index contributed by atoms with van der Waals surface area (Å²) in [5.74, 6) is -0.998. The number of aryl methyl sites for hydroxylation is 1. The van der Waals surface area contributed by atoms with Crippen LogP contribution in [0.2, 0.25) is 0 Å². The van der Waals surface area contributed by atoms with Crippen LogP contribution in [0.3, 0.4) is 0 Å². The van der Waals surface area contributed by atoms with Gasteiger partial charge in [-0.05, 0) is 30.7 Å². The van der Waals surface area contributed by atoms with E-state index in [1.54, 1.807) is 11.3 Å². The minimum absolute atomic E-state index is 0.0195. The summed E-state index contributed by atoms with van der Waals surface area (Å²) in [6.07, 6.45) is 6.08. The summed E-state index contributed by atoms with van der Waals surface area (Å²) in [6.45, 7) is 0.0405. The average Bonchev–Trinajstić information content (AvgIpc) is 3.16. The number of aliphatic carboxylic acids is 1. The molecule has 2 aromatic rings. The van der Waals surface area contributed by atoms with Crippen LogP contribution in [0.25, 0.3) is 0 Å². The van der Waals surface area contributed by atoms with Gasteiger partial charge in [0, 0.05) is 11.3 Å². The number of hydrogen-bond acceptors (Lipinski definition) is 5. The molecule has 8 heteroatoms. The molecular weight excluding hydrogens is 316 g/mol. The van der Waals surface area contributed by atoms with Gasteiger partial charge in [-0.25, -0.2) is 4.68 Å². The number of unbranched alkanes of at least 4 members (excludes halogenated alkanes) is 2. The number of carbonyl (C=O) groups excluding carboxylic acids is 1. The molecule has 2 aromatic heterocycles. The van der Waals surface area contributed by atoms with Gasteiger partial charge in [0.2, 0.25) is 5.91 Å². The zero-order chi connectivity index (χ0) is 16.5. The Morgan fingerprint density at radius 2 is 2.17 bits per heavy atom. The Bertz CT molecular complexity index is 624. The summed E-state index contributed by atoms with van der Waals surface area (Å²) in [6, 6.07) is 4.19. The third kappa shape index (κ3) is 6.60. The van der Waals surface area contributed by atoms with Crippen molar-refractivity contribution in [1.29, 1.82) is 0 Å². The first kappa shape index (κ1) is 17.1. The van der Waals surface area contributed by atoms with Crippen molar-refractivity contribution in [3.05, 3.63) is 34.3 Å². The molecule has 23 heavy (non-hydrogen) atoms. The average molecular weight is 336 g/mol. The van der Waals surface area contributed by atoms with Gasteiger partial charge in [0.05, 0.1) is 12.7 Å². The number of carboxylic acid groups (broad SMARTS) is 1. The molecule has 1 amide bonds. The van der Waals surface area contributed by atoms with Gasteiger partial charge in [-0.2, -0.15) is 0 Å². The van der Waals surface area contributed by atoms with Crippen molar-refractivity contribution < 1.29 is 14.7 Å². The smallest absolute Gasteiger partial charge is 0.325 e. The first-order valence-corrected chi connectivity index (χ1v) is 8.41.